The van der Waals surface area contributed by atoms with Crippen molar-refractivity contribution < 1.29 is 9.47 Å². The summed E-state index contributed by atoms with van der Waals surface area (Å²) in [4.78, 5) is 7.88. The first-order valence-corrected chi connectivity index (χ1v) is 4.59. The molecule has 0 aromatic carbocycles. The molecule has 0 amide bonds. The second-order valence-corrected chi connectivity index (χ2v) is 2.58. The van der Waals surface area contributed by atoms with Gasteiger partial charge in [0.15, 0.2) is 0 Å². The molecule has 0 saturated carbocycles. The van der Waals surface area contributed by atoms with Crippen molar-refractivity contribution in [1.29, 1.82) is 0 Å². The average Bonchev–Trinajstić information content (AvgIpc) is 2.19. The Morgan fingerprint density at radius 1 is 1.29 bits per heavy atom. The highest BCUT2D eigenvalue weighted by Gasteiger charge is 1.99. The zero-order valence-corrected chi connectivity index (χ0v) is 8.49. The molecule has 0 atom stereocenters. The Hall–Kier alpha value is -1.36. The van der Waals surface area contributed by atoms with E-state index in [0.29, 0.717) is 25.0 Å². The Morgan fingerprint density at radius 3 is 2.64 bits per heavy atom. The van der Waals surface area contributed by atoms with Crippen molar-refractivity contribution in [3.8, 4) is 11.8 Å². The van der Waals surface area contributed by atoms with Crippen LogP contribution in [0.25, 0.3) is 0 Å². The summed E-state index contributed by atoms with van der Waals surface area (Å²) in [5.74, 6) is 1.08. The van der Waals surface area contributed by atoms with E-state index < -0.39 is 0 Å². The molecule has 0 unspecified atom stereocenters. The number of hydrogen-bond donors (Lipinski definition) is 1. The predicted molar refractivity (Wildman–Crippen MR) is 52.6 cm³/mol. The first-order chi connectivity index (χ1) is 6.86. The van der Waals surface area contributed by atoms with E-state index >= 15 is 0 Å². The normalized spacial score (nSPS) is 9.86. The first-order valence-electron chi connectivity index (χ1n) is 4.59. The Balaban J connectivity index is 2.46. The van der Waals surface area contributed by atoms with Gasteiger partial charge in [0.1, 0.15) is 12.9 Å². The minimum Gasteiger partial charge on any atom is -0.478 e. The van der Waals surface area contributed by atoms with Crippen LogP contribution in [0, 0.1) is 0 Å². The summed E-state index contributed by atoms with van der Waals surface area (Å²) >= 11 is 0. The second kappa shape index (κ2) is 6.15. The Labute approximate surface area is 83.5 Å². The summed E-state index contributed by atoms with van der Waals surface area (Å²) in [5, 5.41) is 2.98. The van der Waals surface area contributed by atoms with Crippen LogP contribution < -0.4 is 14.8 Å². The highest BCUT2D eigenvalue weighted by atomic mass is 16.5. The van der Waals surface area contributed by atoms with Gasteiger partial charge >= 0.3 is 0 Å². The molecule has 0 aliphatic rings. The van der Waals surface area contributed by atoms with E-state index in [2.05, 4.69) is 15.3 Å². The quantitative estimate of drug-likeness (QED) is 0.672. The van der Waals surface area contributed by atoms with Crippen molar-refractivity contribution in [3.63, 3.8) is 0 Å². The summed E-state index contributed by atoms with van der Waals surface area (Å²) < 4.78 is 10.5. The van der Waals surface area contributed by atoms with Gasteiger partial charge in [-0.3, -0.25) is 0 Å². The number of rotatable bonds is 6. The van der Waals surface area contributed by atoms with Gasteiger partial charge in [0, 0.05) is 6.54 Å². The van der Waals surface area contributed by atoms with E-state index in [0.717, 1.165) is 6.54 Å². The number of hydrogen-bond acceptors (Lipinski definition) is 5. The molecule has 0 saturated heterocycles. The van der Waals surface area contributed by atoms with Gasteiger partial charge in [-0.05, 0) is 14.0 Å². The van der Waals surface area contributed by atoms with Crippen molar-refractivity contribution in [2.24, 2.45) is 0 Å². The van der Waals surface area contributed by atoms with Crippen LogP contribution in [0.3, 0.4) is 0 Å². The zero-order valence-electron chi connectivity index (χ0n) is 8.49. The molecule has 1 rings (SSSR count). The minimum absolute atomic E-state index is 0.540. The summed E-state index contributed by atoms with van der Waals surface area (Å²) in [6, 6.07) is 1.68. The smallest absolute Gasteiger partial charge is 0.220 e. The van der Waals surface area contributed by atoms with Crippen molar-refractivity contribution in [3.05, 3.63) is 12.4 Å². The largest absolute Gasteiger partial charge is 0.478 e. The van der Waals surface area contributed by atoms with Gasteiger partial charge in [-0.2, -0.15) is 0 Å². The summed E-state index contributed by atoms with van der Waals surface area (Å²) in [6.07, 6.45) is 1.43. The molecule has 0 bridgehead atoms. The summed E-state index contributed by atoms with van der Waals surface area (Å²) in [5.41, 5.74) is 0. The maximum absolute atomic E-state index is 5.34. The van der Waals surface area contributed by atoms with Crippen molar-refractivity contribution >= 4 is 0 Å². The van der Waals surface area contributed by atoms with Crippen LogP contribution in [0.2, 0.25) is 0 Å². The summed E-state index contributed by atoms with van der Waals surface area (Å²) in [6.45, 7) is 3.86. The van der Waals surface area contributed by atoms with Crippen LogP contribution in [0.15, 0.2) is 12.4 Å². The van der Waals surface area contributed by atoms with E-state index in [-0.39, 0.29) is 0 Å². The van der Waals surface area contributed by atoms with Crippen LogP contribution in [0.1, 0.15) is 6.92 Å². The maximum Gasteiger partial charge on any atom is 0.220 e. The molecule has 0 spiro atoms. The molecule has 5 heteroatoms. The minimum atomic E-state index is 0.540. The molecule has 1 aromatic rings. The third kappa shape index (κ3) is 3.57. The number of nitrogens with one attached hydrogen (secondary N) is 1. The molecule has 0 aliphatic heterocycles. The van der Waals surface area contributed by atoms with Crippen LogP contribution in [0.5, 0.6) is 11.8 Å². The second-order valence-electron chi connectivity index (χ2n) is 2.58. The maximum atomic E-state index is 5.34. The first kappa shape index (κ1) is 10.7. The SMILES string of the molecule is CCOc1cc(OCCNC)ncn1. The fourth-order valence-corrected chi connectivity index (χ4v) is 0.886. The average molecular weight is 197 g/mol. The third-order valence-electron chi connectivity index (χ3n) is 1.51. The van der Waals surface area contributed by atoms with Crippen LogP contribution >= 0.6 is 0 Å². The lowest BCUT2D eigenvalue weighted by atomic mass is 10.6. The lowest BCUT2D eigenvalue weighted by molar-refractivity contribution is 0.293. The fraction of sp³-hybridized carbons (Fsp3) is 0.556. The van der Waals surface area contributed by atoms with Crippen LogP contribution in [-0.2, 0) is 0 Å². The molecule has 14 heavy (non-hydrogen) atoms. The molecule has 5 nitrogen and oxygen atoms in total. The zero-order chi connectivity index (χ0) is 10.2. The number of ether oxygens (including phenoxy) is 2. The van der Waals surface area contributed by atoms with Crippen LogP contribution in [-0.4, -0.2) is 36.8 Å². The monoisotopic (exact) mass is 197 g/mol. The molecule has 0 radical (unpaired) electrons. The topological polar surface area (TPSA) is 56.3 Å². The summed E-state index contributed by atoms with van der Waals surface area (Å²) in [7, 11) is 1.87. The Bertz CT molecular complexity index is 268. The third-order valence-corrected chi connectivity index (χ3v) is 1.51. The van der Waals surface area contributed by atoms with Crippen molar-refractivity contribution in [1.82, 2.24) is 15.3 Å². The lowest BCUT2D eigenvalue weighted by Crippen LogP contribution is -2.16. The van der Waals surface area contributed by atoms with E-state index in [1.807, 2.05) is 14.0 Å². The van der Waals surface area contributed by atoms with Gasteiger partial charge in [0.25, 0.3) is 0 Å². The Morgan fingerprint density at radius 2 is 2.00 bits per heavy atom. The van der Waals surface area contributed by atoms with Crippen molar-refractivity contribution in [2.75, 3.05) is 26.8 Å². The fourth-order valence-electron chi connectivity index (χ4n) is 0.886. The van der Waals surface area contributed by atoms with Gasteiger partial charge in [-0.15, -0.1) is 0 Å². The lowest BCUT2D eigenvalue weighted by Gasteiger charge is -2.05. The molecule has 1 N–H and O–H groups in total. The number of likely N-dealkylation sites (N-methyl/N-ethyl adjacent to an activating group) is 1. The van der Waals surface area contributed by atoms with E-state index in [9.17, 15) is 0 Å². The molecule has 0 aliphatic carbocycles. The molecule has 1 aromatic heterocycles. The van der Waals surface area contributed by atoms with Crippen molar-refractivity contribution in [2.45, 2.75) is 6.92 Å². The molecule has 78 valence electrons. The van der Waals surface area contributed by atoms with Gasteiger partial charge in [0.2, 0.25) is 11.8 Å². The molecule has 1 heterocycles. The highest BCUT2D eigenvalue weighted by molar-refractivity contribution is 5.17. The van der Waals surface area contributed by atoms with E-state index in [1.165, 1.54) is 6.33 Å². The molecular weight excluding hydrogens is 182 g/mol. The van der Waals surface area contributed by atoms with Gasteiger partial charge < -0.3 is 14.8 Å². The van der Waals surface area contributed by atoms with Gasteiger partial charge in [0.05, 0.1) is 12.7 Å². The van der Waals surface area contributed by atoms with E-state index in [1.54, 1.807) is 6.07 Å². The Kier molecular flexibility index (Phi) is 4.71. The van der Waals surface area contributed by atoms with E-state index in [4.69, 9.17) is 9.47 Å². The van der Waals surface area contributed by atoms with Crippen LogP contribution in [0.4, 0.5) is 0 Å². The highest BCUT2D eigenvalue weighted by Crippen LogP contribution is 2.12. The van der Waals surface area contributed by atoms with Gasteiger partial charge in [-0.1, -0.05) is 0 Å². The standard InChI is InChI=1S/C9H15N3O2/c1-3-13-8-6-9(12-7-11-8)14-5-4-10-2/h6-7,10H,3-5H2,1-2H3. The molecular formula is C9H15N3O2. The molecule has 0 fully saturated rings. The number of nitrogens with zero attached hydrogens (tertiary/aromatic N) is 2. The predicted octanol–water partition coefficient (Wildman–Crippen LogP) is 0.473. The number of aromatic nitrogens is 2. The van der Waals surface area contributed by atoms with Gasteiger partial charge in [-0.25, -0.2) is 9.97 Å².